The maximum atomic E-state index is 12.7. The molecule has 0 bridgehead atoms. The molecule has 1 aliphatic heterocycles. The van der Waals surface area contributed by atoms with Crippen molar-refractivity contribution in [3.05, 3.63) is 17.2 Å². The Kier molecular flexibility index (Phi) is 6.47. The van der Waals surface area contributed by atoms with Crippen molar-refractivity contribution in [1.82, 2.24) is 5.32 Å². The molecule has 3 rings (SSSR count). The fraction of sp³-hybridized carbons (Fsp3) is 0.600. The third-order valence-corrected chi connectivity index (χ3v) is 5.74. The zero-order valence-corrected chi connectivity index (χ0v) is 16.7. The Hall–Kier alpha value is -1.95. The third-order valence-electron chi connectivity index (χ3n) is 5.44. The summed E-state index contributed by atoms with van der Waals surface area (Å²) in [7, 11) is 3.05. The summed E-state index contributed by atoms with van der Waals surface area (Å²) in [6, 6.07) is 3.54. The van der Waals surface area contributed by atoms with E-state index in [0.29, 0.717) is 28.8 Å². The molecular weight excluding hydrogens is 368 g/mol. The Balaban J connectivity index is 1.72. The van der Waals surface area contributed by atoms with Crippen molar-refractivity contribution in [2.24, 2.45) is 5.92 Å². The highest BCUT2D eigenvalue weighted by Gasteiger charge is 2.37. The zero-order valence-electron chi connectivity index (χ0n) is 15.9. The van der Waals surface area contributed by atoms with Gasteiger partial charge in [-0.1, -0.05) is 37.3 Å². The molecule has 1 atom stereocenters. The van der Waals surface area contributed by atoms with Crippen LogP contribution in [0.5, 0.6) is 11.5 Å². The van der Waals surface area contributed by atoms with E-state index in [1.54, 1.807) is 17.0 Å². The molecule has 1 N–H and O–H groups in total. The minimum absolute atomic E-state index is 0.0300. The lowest BCUT2D eigenvalue weighted by atomic mass is 10.0. The van der Waals surface area contributed by atoms with Crippen molar-refractivity contribution in [2.75, 3.05) is 25.7 Å². The van der Waals surface area contributed by atoms with Gasteiger partial charge in [-0.05, 0) is 12.8 Å². The molecule has 1 aliphatic carbocycles. The molecule has 1 aromatic carbocycles. The largest absolute Gasteiger partial charge is 0.495 e. The molecule has 2 amide bonds. The maximum absolute atomic E-state index is 12.7. The van der Waals surface area contributed by atoms with Gasteiger partial charge in [0.1, 0.15) is 11.5 Å². The number of hydrogen-bond donors (Lipinski definition) is 1. The Labute approximate surface area is 165 Å². The summed E-state index contributed by atoms with van der Waals surface area (Å²) in [5.41, 5.74) is 0.577. The molecule has 1 heterocycles. The Morgan fingerprint density at radius 2 is 1.78 bits per heavy atom. The van der Waals surface area contributed by atoms with E-state index in [1.807, 2.05) is 0 Å². The highest BCUT2D eigenvalue weighted by molar-refractivity contribution is 6.32. The van der Waals surface area contributed by atoms with Crippen LogP contribution in [0, 0.1) is 5.92 Å². The van der Waals surface area contributed by atoms with Crippen molar-refractivity contribution in [1.29, 1.82) is 0 Å². The minimum Gasteiger partial charge on any atom is -0.495 e. The topological polar surface area (TPSA) is 67.9 Å². The number of nitrogens with zero attached hydrogens (tertiary/aromatic N) is 1. The molecule has 6 nitrogen and oxygen atoms in total. The number of carbonyl (C=O) groups is 2. The first-order valence-corrected chi connectivity index (χ1v) is 9.93. The van der Waals surface area contributed by atoms with Crippen molar-refractivity contribution < 1.29 is 19.1 Å². The summed E-state index contributed by atoms with van der Waals surface area (Å²) in [4.78, 5) is 26.9. The summed E-state index contributed by atoms with van der Waals surface area (Å²) in [5.74, 6) is 0.467. The van der Waals surface area contributed by atoms with E-state index < -0.39 is 0 Å². The van der Waals surface area contributed by atoms with Crippen LogP contribution in [0.2, 0.25) is 5.02 Å². The molecule has 0 aromatic heterocycles. The number of amides is 2. The summed E-state index contributed by atoms with van der Waals surface area (Å²) in [6.07, 6.45) is 7.04. The van der Waals surface area contributed by atoms with Gasteiger partial charge in [-0.25, -0.2) is 0 Å². The Morgan fingerprint density at radius 3 is 2.41 bits per heavy atom. The first kappa shape index (κ1) is 19.8. The highest BCUT2D eigenvalue weighted by Crippen LogP contribution is 2.40. The SMILES string of the molecule is COc1cc(N2CC(C(=O)NC3CCCCCC3)CC2=O)c(OC)cc1Cl. The minimum atomic E-state index is -0.355. The number of hydrogen-bond acceptors (Lipinski definition) is 4. The van der Waals surface area contributed by atoms with Crippen molar-refractivity contribution >= 4 is 29.1 Å². The van der Waals surface area contributed by atoms with Gasteiger partial charge in [0.25, 0.3) is 0 Å². The van der Waals surface area contributed by atoms with Crippen LogP contribution in [0.25, 0.3) is 0 Å². The summed E-state index contributed by atoms with van der Waals surface area (Å²) in [6.45, 7) is 0.332. The Morgan fingerprint density at radius 1 is 1.11 bits per heavy atom. The van der Waals surface area contributed by atoms with Crippen LogP contribution in [0.3, 0.4) is 0 Å². The molecule has 0 radical (unpaired) electrons. The number of carbonyl (C=O) groups excluding carboxylic acids is 2. The van der Waals surface area contributed by atoms with Crippen LogP contribution in [-0.2, 0) is 9.59 Å². The van der Waals surface area contributed by atoms with Crippen LogP contribution in [0.1, 0.15) is 44.9 Å². The van der Waals surface area contributed by atoms with E-state index in [1.165, 1.54) is 27.1 Å². The number of anilines is 1. The smallest absolute Gasteiger partial charge is 0.227 e. The van der Waals surface area contributed by atoms with E-state index in [-0.39, 0.29) is 30.2 Å². The van der Waals surface area contributed by atoms with Crippen molar-refractivity contribution in [2.45, 2.75) is 51.0 Å². The van der Waals surface area contributed by atoms with Crippen LogP contribution in [0.15, 0.2) is 12.1 Å². The number of nitrogens with one attached hydrogen (secondary N) is 1. The molecular formula is C20H27ClN2O4. The van der Waals surface area contributed by atoms with Gasteiger partial charge >= 0.3 is 0 Å². The first-order valence-electron chi connectivity index (χ1n) is 9.55. The molecule has 27 heavy (non-hydrogen) atoms. The third kappa shape index (κ3) is 4.49. The van der Waals surface area contributed by atoms with Crippen molar-refractivity contribution in [3.63, 3.8) is 0 Å². The number of halogens is 1. The second-order valence-electron chi connectivity index (χ2n) is 7.26. The average Bonchev–Trinajstić information content (AvgIpc) is 2.87. The quantitative estimate of drug-likeness (QED) is 0.775. The Bertz CT molecular complexity index is 701. The molecule has 2 fully saturated rings. The number of ether oxygens (including phenoxy) is 2. The van der Waals surface area contributed by atoms with E-state index in [9.17, 15) is 9.59 Å². The number of rotatable bonds is 5. The summed E-state index contributed by atoms with van der Waals surface area (Å²) < 4.78 is 10.6. The van der Waals surface area contributed by atoms with Crippen LogP contribution in [0.4, 0.5) is 5.69 Å². The molecule has 7 heteroatoms. The molecule has 1 saturated carbocycles. The van der Waals surface area contributed by atoms with E-state index in [2.05, 4.69) is 5.32 Å². The lowest BCUT2D eigenvalue weighted by Crippen LogP contribution is -2.39. The number of methoxy groups -OCH3 is 2. The second kappa shape index (κ2) is 8.83. The fourth-order valence-corrected chi connectivity index (χ4v) is 4.14. The average molecular weight is 395 g/mol. The van der Waals surface area contributed by atoms with Crippen LogP contribution >= 0.6 is 11.6 Å². The summed E-state index contributed by atoms with van der Waals surface area (Å²) >= 11 is 6.15. The molecule has 1 unspecified atom stereocenters. The van der Waals surface area contributed by atoms with E-state index in [0.717, 1.165) is 25.7 Å². The monoisotopic (exact) mass is 394 g/mol. The summed E-state index contributed by atoms with van der Waals surface area (Å²) in [5, 5.41) is 3.57. The van der Waals surface area contributed by atoms with Gasteiger partial charge in [0.05, 0.1) is 30.8 Å². The van der Waals surface area contributed by atoms with Gasteiger partial charge in [-0.2, -0.15) is 0 Å². The molecule has 1 saturated heterocycles. The molecule has 0 spiro atoms. The maximum Gasteiger partial charge on any atom is 0.227 e. The van der Waals surface area contributed by atoms with Crippen LogP contribution < -0.4 is 19.7 Å². The molecule has 2 aliphatic rings. The van der Waals surface area contributed by atoms with Gasteiger partial charge in [0.15, 0.2) is 0 Å². The van der Waals surface area contributed by atoms with Gasteiger partial charge in [0.2, 0.25) is 11.8 Å². The second-order valence-corrected chi connectivity index (χ2v) is 7.67. The van der Waals surface area contributed by atoms with E-state index in [4.69, 9.17) is 21.1 Å². The van der Waals surface area contributed by atoms with Gasteiger partial charge in [0, 0.05) is 31.1 Å². The molecule has 148 valence electrons. The predicted octanol–water partition coefficient (Wildman–Crippen LogP) is 3.55. The van der Waals surface area contributed by atoms with Gasteiger partial charge in [-0.15, -0.1) is 0 Å². The number of benzene rings is 1. The highest BCUT2D eigenvalue weighted by atomic mass is 35.5. The van der Waals surface area contributed by atoms with Crippen LogP contribution in [-0.4, -0.2) is 38.6 Å². The molecule has 1 aromatic rings. The van der Waals surface area contributed by atoms with Gasteiger partial charge < -0.3 is 19.7 Å². The lowest BCUT2D eigenvalue weighted by Gasteiger charge is -2.22. The van der Waals surface area contributed by atoms with E-state index >= 15 is 0 Å². The first-order chi connectivity index (χ1) is 13.0. The zero-order chi connectivity index (χ0) is 19.4. The predicted molar refractivity (Wildman–Crippen MR) is 105 cm³/mol. The fourth-order valence-electron chi connectivity index (χ4n) is 3.91. The standard InChI is InChI=1S/C20H27ClN2O4/c1-26-17-11-16(18(27-2)10-15(17)21)23-12-13(9-19(23)24)20(25)22-14-7-5-3-4-6-8-14/h10-11,13-14H,3-9,12H2,1-2H3,(H,22,25). The normalized spacial score (nSPS) is 21.1. The van der Waals surface area contributed by atoms with Gasteiger partial charge in [-0.3, -0.25) is 9.59 Å². The lowest BCUT2D eigenvalue weighted by molar-refractivity contribution is -0.127. The van der Waals surface area contributed by atoms with Crippen molar-refractivity contribution in [3.8, 4) is 11.5 Å².